The van der Waals surface area contributed by atoms with Gasteiger partial charge >= 0.3 is 6.02 Å². The van der Waals surface area contributed by atoms with Gasteiger partial charge in [-0.1, -0.05) is 0 Å². The lowest BCUT2D eigenvalue weighted by molar-refractivity contribution is 0.0580. The number of hydrogen-bond acceptors (Lipinski definition) is 4. The Bertz CT molecular complexity index is 203. The Morgan fingerprint density at radius 3 is 2.75 bits per heavy atom. The van der Waals surface area contributed by atoms with Gasteiger partial charge in [0.2, 0.25) is 6.19 Å². The van der Waals surface area contributed by atoms with Gasteiger partial charge in [-0.15, -0.1) is 4.99 Å². The van der Waals surface area contributed by atoms with Crippen LogP contribution in [0.2, 0.25) is 0 Å². The summed E-state index contributed by atoms with van der Waals surface area (Å²) in [4.78, 5) is 5.42. The van der Waals surface area contributed by atoms with Crippen LogP contribution in [0.15, 0.2) is 4.99 Å². The first kappa shape index (κ1) is 8.81. The van der Waals surface area contributed by atoms with E-state index < -0.39 is 0 Å². The van der Waals surface area contributed by atoms with Gasteiger partial charge in [-0.3, -0.25) is 0 Å². The summed E-state index contributed by atoms with van der Waals surface area (Å²) < 4.78 is 10.1. The van der Waals surface area contributed by atoms with Crippen molar-refractivity contribution in [3.05, 3.63) is 0 Å². The molecule has 0 radical (unpaired) electrons. The van der Waals surface area contributed by atoms with Crippen LogP contribution in [0.4, 0.5) is 0 Å². The highest BCUT2D eigenvalue weighted by atomic mass is 16.5. The molecule has 1 saturated heterocycles. The minimum Gasteiger partial charge on any atom is -0.468 e. The molecular formula is C7H11N3O2. The fourth-order valence-electron chi connectivity index (χ4n) is 1.04. The van der Waals surface area contributed by atoms with Gasteiger partial charge in [-0.05, 0) is 0 Å². The summed E-state index contributed by atoms with van der Waals surface area (Å²) in [6.07, 6.45) is 1.70. The molecule has 0 aromatic carbocycles. The fraction of sp³-hybridized carbons (Fsp3) is 0.714. The van der Waals surface area contributed by atoms with Gasteiger partial charge in [0, 0.05) is 13.1 Å². The Hall–Kier alpha value is -1.28. The Balaban J connectivity index is 2.53. The number of nitriles is 1. The molecule has 0 N–H and O–H groups in total. The van der Waals surface area contributed by atoms with Gasteiger partial charge in [0.15, 0.2) is 0 Å². The third kappa shape index (κ3) is 2.10. The first-order chi connectivity index (χ1) is 5.88. The number of methoxy groups -OCH3 is 1. The predicted molar refractivity (Wildman–Crippen MR) is 42.4 cm³/mol. The van der Waals surface area contributed by atoms with Crippen molar-refractivity contribution in [2.45, 2.75) is 0 Å². The molecule has 1 heterocycles. The Labute approximate surface area is 71.2 Å². The molecule has 0 aromatic heterocycles. The van der Waals surface area contributed by atoms with Crippen LogP contribution >= 0.6 is 0 Å². The first-order valence-electron chi connectivity index (χ1n) is 3.72. The quantitative estimate of drug-likeness (QED) is 0.286. The summed E-state index contributed by atoms with van der Waals surface area (Å²) in [6, 6.07) is 0.376. The van der Waals surface area contributed by atoms with Crippen molar-refractivity contribution in [1.29, 1.82) is 5.26 Å². The molecule has 5 nitrogen and oxygen atoms in total. The number of amidine groups is 1. The van der Waals surface area contributed by atoms with Crippen LogP contribution in [-0.2, 0) is 9.47 Å². The van der Waals surface area contributed by atoms with Crippen LogP contribution in [0.3, 0.4) is 0 Å². The summed E-state index contributed by atoms with van der Waals surface area (Å²) in [5.74, 6) is 0. The molecule has 66 valence electrons. The zero-order valence-corrected chi connectivity index (χ0v) is 6.99. The van der Waals surface area contributed by atoms with Crippen LogP contribution in [0.1, 0.15) is 0 Å². The molecule has 12 heavy (non-hydrogen) atoms. The van der Waals surface area contributed by atoms with E-state index in [4.69, 9.17) is 14.7 Å². The van der Waals surface area contributed by atoms with Crippen molar-refractivity contribution in [1.82, 2.24) is 4.90 Å². The van der Waals surface area contributed by atoms with Gasteiger partial charge in [-0.2, -0.15) is 5.26 Å². The van der Waals surface area contributed by atoms with Crippen LogP contribution in [-0.4, -0.2) is 44.3 Å². The minimum atomic E-state index is 0.376. The monoisotopic (exact) mass is 169 g/mol. The average molecular weight is 169 g/mol. The maximum Gasteiger partial charge on any atom is 0.302 e. The van der Waals surface area contributed by atoms with E-state index >= 15 is 0 Å². The highest BCUT2D eigenvalue weighted by Gasteiger charge is 2.14. The molecule has 5 heteroatoms. The third-order valence-corrected chi connectivity index (χ3v) is 1.61. The van der Waals surface area contributed by atoms with Crippen molar-refractivity contribution in [3.8, 4) is 6.19 Å². The van der Waals surface area contributed by atoms with E-state index in [0.29, 0.717) is 19.2 Å². The molecule has 1 rings (SSSR count). The van der Waals surface area contributed by atoms with E-state index in [9.17, 15) is 0 Å². The Morgan fingerprint density at radius 1 is 1.58 bits per heavy atom. The zero-order valence-electron chi connectivity index (χ0n) is 6.99. The molecule has 0 unspecified atom stereocenters. The van der Waals surface area contributed by atoms with Crippen LogP contribution < -0.4 is 0 Å². The number of ether oxygens (including phenoxy) is 2. The van der Waals surface area contributed by atoms with E-state index in [2.05, 4.69) is 4.99 Å². The minimum absolute atomic E-state index is 0.376. The van der Waals surface area contributed by atoms with Gasteiger partial charge in [0.1, 0.15) is 0 Å². The SMILES string of the molecule is COC(=NC#N)N1CCOCC1. The number of hydrogen-bond donors (Lipinski definition) is 0. The normalized spacial score (nSPS) is 18.7. The van der Waals surface area contributed by atoms with Crippen LogP contribution in [0.5, 0.6) is 0 Å². The molecular weight excluding hydrogens is 158 g/mol. The first-order valence-corrected chi connectivity index (χ1v) is 3.72. The molecule has 0 amide bonds. The third-order valence-electron chi connectivity index (χ3n) is 1.61. The second-order valence-corrected chi connectivity index (χ2v) is 2.30. The van der Waals surface area contributed by atoms with Crippen molar-refractivity contribution in [3.63, 3.8) is 0 Å². The highest BCUT2D eigenvalue weighted by molar-refractivity contribution is 5.74. The maximum atomic E-state index is 8.32. The number of nitrogens with zero attached hydrogens (tertiary/aromatic N) is 3. The molecule has 0 aliphatic carbocycles. The van der Waals surface area contributed by atoms with E-state index in [1.807, 2.05) is 4.90 Å². The van der Waals surface area contributed by atoms with Gasteiger partial charge < -0.3 is 14.4 Å². The average Bonchev–Trinajstić information content (AvgIpc) is 2.15. The lowest BCUT2D eigenvalue weighted by atomic mass is 10.4. The summed E-state index contributed by atoms with van der Waals surface area (Å²) in [7, 11) is 1.51. The van der Waals surface area contributed by atoms with Crippen LogP contribution in [0.25, 0.3) is 0 Å². The van der Waals surface area contributed by atoms with Crippen LogP contribution in [0, 0.1) is 11.5 Å². The summed E-state index contributed by atoms with van der Waals surface area (Å²) >= 11 is 0. The smallest absolute Gasteiger partial charge is 0.302 e. The largest absolute Gasteiger partial charge is 0.468 e. The molecule has 1 aliphatic rings. The van der Waals surface area contributed by atoms with Gasteiger partial charge in [-0.25, -0.2) is 0 Å². The lowest BCUT2D eigenvalue weighted by Crippen LogP contribution is -2.41. The summed E-state index contributed by atoms with van der Waals surface area (Å²) in [5, 5.41) is 8.32. The summed E-state index contributed by atoms with van der Waals surface area (Å²) in [6.45, 7) is 2.78. The Morgan fingerprint density at radius 2 is 2.25 bits per heavy atom. The number of morpholine rings is 1. The van der Waals surface area contributed by atoms with E-state index in [1.54, 1.807) is 6.19 Å². The van der Waals surface area contributed by atoms with E-state index in [1.165, 1.54) is 7.11 Å². The number of rotatable bonds is 0. The number of aliphatic imine (C=N–C) groups is 1. The fourth-order valence-corrected chi connectivity index (χ4v) is 1.04. The zero-order chi connectivity index (χ0) is 8.81. The lowest BCUT2D eigenvalue weighted by Gasteiger charge is -2.27. The maximum absolute atomic E-state index is 8.32. The van der Waals surface area contributed by atoms with Crippen molar-refractivity contribution >= 4 is 6.02 Å². The van der Waals surface area contributed by atoms with Crippen molar-refractivity contribution in [2.24, 2.45) is 4.99 Å². The molecule has 0 bridgehead atoms. The molecule has 0 aromatic rings. The highest BCUT2D eigenvalue weighted by Crippen LogP contribution is 1.98. The van der Waals surface area contributed by atoms with E-state index in [-0.39, 0.29) is 0 Å². The standard InChI is InChI=1S/C7H11N3O2/c1-11-7(9-6-8)10-2-4-12-5-3-10/h2-5H2,1H3. The Kier molecular flexibility index (Phi) is 3.35. The molecule has 0 atom stereocenters. The molecule has 0 spiro atoms. The molecule has 0 saturated carbocycles. The van der Waals surface area contributed by atoms with Gasteiger partial charge in [0.05, 0.1) is 20.3 Å². The van der Waals surface area contributed by atoms with E-state index in [0.717, 1.165) is 13.1 Å². The molecule has 1 fully saturated rings. The second-order valence-electron chi connectivity index (χ2n) is 2.30. The molecule has 1 aliphatic heterocycles. The second kappa shape index (κ2) is 4.57. The van der Waals surface area contributed by atoms with Crippen molar-refractivity contribution in [2.75, 3.05) is 33.4 Å². The summed E-state index contributed by atoms with van der Waals surface area (Å²) in [5.41, 5.74) is 0. The van der Waals surface area contributed by atoms with Crippen molar-refractivity contribution < 1.29 is 9.47 Å². The topological polar surface area (TPSA) is 57.8 Å². The van der Waals surface area contributed by atoms with Gasteiger partial charge in [0.25, 0.3) is 0 Å². The predicted octanol–water partition coefficient (Wildman–Crippen LogP) is -0.198.